The number of hydrogen-bond acceptors (Lipinski definition) is 4. The second-order valence-corrected chi connectivity index (χ2v) is 6.03. The minimum atomic E-state index is 0.615. The number of benzene rings is 1. The van der Waals surface area contributed by atoms with Gasteiger partial charge in [-0.15, -0.1) is 0 Å². The van der Waals surface area contributed by atoms with Crippen molar-refractivity contribution in [1.82, 2.24) is 10.2 Å². The van der Waals surface area contributed by atoms with E-state index in [-0.39, 0.29) is 0 Å². The molecule has 0 unspecified atom stereocenters. The lowest BCUT2D eigenvalue weighted by molar-refractivity contribution is 0.226. The van der Waals surface area contributed by atoms with Crippen LogP contribution < -0.4 is 10.1 Å². The first kappa shape index (κ1) is 16.8. The lowest BCUT2D eigenvalue weighted by Gasteiger charge is -2.28. The molecule has 4 heteroatoms. The molecule has 22 heavy (non-hydrogen) atoms. The summed E-state index contributed by atoms with van der Waals surface area (Å²) in [6.45, 7) is 10.3. The van der Waals surface area contributed by atoms with Crippen LogP contribution in [0, 0.1) is 25.2 Å². The highest BCUT2D eigenvalue weighted by molar-refractivity contribution is 5.41. The van der Waals surface area contributed by atoms with E-state index in [1.54, 1.807) is 0 Å². The third-order valence-electron chi connectivity index (χ3n) is 4.22. The molecule has 0 atom stereocenters. The van der Waals surface area contributed by atoms with Crippen LogP contribution in [0.2, 0.25) is 0 Å². The van der Waals surface area contributed by atoms with Gasteiger partial charge in [0.15, 0.2) is 0 Å². The highest BCUT2D eigenvalue weighted by atomic mass is 16.5. The van der Waals surface area contributed by atoms with E-state index in [2.05, 4.69) is 42.3 Å². The first-order valence-electron chi connectivity index (χ1n) is 8.23. The number of nitrogens with zero attached hydrogens (tertiary/aromatic N) is 2. The van der Waals surface area contributed by atoms with Crippen LogP contribution >= 0.6 is 0 Å². The summed E-state index contributed by atoms with van der Waals surface area (Å²) in [5.74, 6) is 1.01. The molecule has 0 bridgehead atoms. The quantitative estimate of drug-likeness (QED) is 0.787. The molecule has 0 aromatic heterocycles. The number of rotatable bonds is 7. The molecule has 1 N–H and O–H groups in total. The number of hydrogen-bond donors (Lipinski definition) is 1. The molecule has 1 aromatic carbocycles. The fourth-order valence-electron chi connectivity index (χ4n) is 2.71. The van der Waals surface area contributed by atoms with Crippen molar-refractivity contribution in [1.29, 1.82) is 5.26 Å². The van der Waals surface area contributed by atoms with E-state index in [9.17, 15) is 0 Å². The smallest absolute Gasteiger partial charge is 0.124 e. The van der Waals surface area contributed by atoms with Crippen LogP contribution in [0.15, 0.2) is 12.1 Å². The van der Waals surface area contributed by atoms with Gasteiger partial charge in [-0.25, -0.2) is 0 Å². The molecule has 0 amide bonds. The molecule has 1 saturated heterocycles. The van der Waals surface area contributed by atoms with E-state index in [0.717, 1.165) is 51.3 Å². The summed E-state index contributed by atoms with van der Waals surface area (Å²) in [4.78, 5) is 2.48. The molecule has 120 valence electrons. The molecular formula is C18H27N3O. The van der Waals surface area contributed by atoms with Gasteiger partial charge < -0.3 is 10.1 Å². The Labute approximate surface area is 134 Å². The molecular weight excluding hydrogens is 274 g/mol. The first-order chi connectivity index (χ1) is 10.7. The maximum Gasteiger partial charge on any atom is 0.124 e. The number of nitriles is 1. The van der Waals surface area contributed by atoms with Gasteiger partial charge in [-0.1, -0.05) is 6.07 Å². The van der Waals surface area contributed by atoms with Crippen LogP contribution in [-0.2, 0) is 6.54 Å². The number of piperazine rings is 1. The van der Waals surface area contributed by atoms with Crippen LogP contribution in [0.3, 0.4) is 0 Å². The fourth-order valence-corrected chi connectivity index (χ4v) is 2.71. The molecule has 0 radical (unpaired) electrons. The van der Waals surface area contributed by atoms with Crippen LogP contribution in [0.4, 0.5) is 0 Å². The van der Waals surface area contributed by atoms with E-state index in [4.69, 9.17) is 10.00 Å². The summed E-state index contributed by atoms with van der Waals surface area (Å²) >= 11 is 0. The van der Waals surface area contributed by atoms with Crippen LogP contribution in [0.5, 0.6) is 5.75 Å². The molecule has 1 fully saturated rings. The molecule has 2 rings (SSSR count). The largest absolute Gasteiger partial charge is 0.493 e. The Hall–Kier alpha value is -1.57. The summed E-state index contributed by atoms with van der Waals surface area (Å²) in [7, 11) is 0. The Balaban J connectivity index is 1.99. The van der Waals surface area contributed by atoms with Crippen molar-refractivity contribution in [3.05, 3.63) is 28.8 Å². The maximum atomic E-state index is 8.57. The summed E-state index contributed by atoms with van der Waals surface area (Å²) in [5, 5.41) is 12.0. The van der Waals surface area contributed by atoms with Gasteiger partial charge in [0.1, 0.15) is 5.75 Å². The Morgan fingerprint density at radius 1 is 1.18 bits per heavy atom. The second-order valence-electron chi connectivity index (χ2n) is 6.03. The molecule has 0 saturated carbocycles. The molecule has 1 heterocycles. The van der Waals surface area contributed by atoms with Crippen molar-refractivity contribution in [3.63, 3.8) is 0 Å². The Bertz CT molecular complexity index is 516. The first-order valence-corrected chi connectivity index (χ1v) is 8.23. The molecule has 1 aliphatic rings. The van der Waals surface area contributed by atoms with Crippen molar-refractivity contribution >= 4 is 0 Å². The zero-order chi connectivity index (χ0) is 15.8. The minimum absolute atomic E-state index is 0.615. The van der Waals surface area contributed by atoms with E-state index in [0.29, 0.717) is 13.0 Å². The monoisotopic (exact) mass is 301 g/mol. The third-order valence-corrected chi connectivity index (χ3v) is 4.22. The van der Waals surface area contributed by atoms with Gasteiger partial charge in [-0.05, 0) is 43.9 Å². The third kappa shape index (κ3) is 5.01. The Morgan fingerprint density at radius 2 is 1.91 bits per heavy atom. The predicted molar refractivity (Wildman–Crippen MR) is 89.0 cm³/mol. The van der Waals surface area contributed by atoms with Crippen molar-refractivity contribution in [2.24, 2.45) is 0 Å². The molecule has 4 nitrogen and oxygen atoms in total. The summed E-state index contributed by atoms with van der Waals surface area (Å²) in [6, 6.07) is 6.61. The summed E-state index contributed by atoms with van der Waals surface area (Å²) < 4.78 is 6.01. The number of nitrogens with one attached hydrogen (secondary N) is 1. The van der Waals surface area contributed by atoms with Crippen molar-refractivity contribution in [3.8, 4) is 11.8 Å². The average molecular weight is 301 g/mol. The number of unbranched alkanes of at least 4 members (excludes halogenated alkanes) is 2. The van der Waals surface area contributed by atoms with Gasteiger partial charge >= 0.3 is 0 Å². The fraction of sp³-hybridized carbons (Fsp3) is 0.611. The van der Waals surface area contributed by atoms with Crippen molar-refractivity contribution in [2.45, 2.75) is 39.7 Å². The molecule has 0 spiro atoms. The zero-order valence-corrected chi connectivity index (χ0v) is 13.8. The van der Waals surface area contributed by atoms with E-state index in [1.807, 2.05) is 0 Å². The lowest BCUT2D eigenvalue weighted by Crippen LogP contribution is -2.42. The van der Waals surface area contributed by atoms with Gasteiger partial charge in [0.25, 0.3) is 0 Å². The summed E-state index contributed by atoms with van der Waals surface area (Å²) in [5.41, 5.74) is 3.88. The molecule has 0 aliphatic carbocycles. The normalized spacial score (nSPS) is 15.5. The van der Waals surface area contributed by atoms with E-state index in [1.165, 1.54) is 16.7 Å². The van der Waals surface area contributed by atoms with Gasteiger partial charge in [0, 0.05) is 44.7 Å². The van der Waals surface area contributed by atoms with E-state index < -0.39 is 0 Å². The zero-order valence-electron chi connectivity index (χ0n) is 13.8. The second kappa shape index (κ2) is 8.77. The Kier molecular flexibility index (Phi) is 6.70. The number of ether oxygens (including phenoxy) is 1. The van der Waals surface area contributed by atoms with Gasteiger partial charge in [-0.3, -0.25) is 4.90 Å². The van der Waals surface area contributed by atoms with Gasteiger partial charge in [0.05, 0.1) is 12.7 Å². The maximum absolute atomic E-state index is 8.57. The van der Waals surface area contributed by atoms with Gasteiger partial charge in [-0.2, -0.15) is 5.26 Å². The SMILES string of the molecule is Cc1cc(CN2CCNCC2)c(OCCCCC#N)cc1C. The van der Waals surface area contributed by atoms with Crippen LogP contribution in [-0.4, -0.2) is 37.7 Å². The van der Waals surface area contributed by atoms with Crippen molar-refractivity contribution < 1.29 is 4.74 Å². The highest BCUT2D eigenvalue weighted by Gasteiger charge is 2.14. The van der Waals surface area contributed by atoms with E-state index >= 15 is 0 Å². The minimum Gasteiger partial charge on any atom is -0.493 e. The lowest BCUT2D eigenvalue weighted by atomic mass is 10.0. The predicted octanol–water partition coefficient (Wildman–Crippen LogP) is 2.78. The van der Waals surface area contributed by atoms with Crippen LogP contribution in [0.25, 0.3) is 0 Å². The molecule has 1 aliphatic heterocycles. The highest BCUT2D eigenvalue weighted by Crippen LogP contribution is 2.25. The van der Waals surface area contributed by atoms with Crippen LogP contribution in [0.1, 0.15) is 36.0 Å². The standard InChI is InChI=1S/C18H27N3O/c1-15-12-17(14-21-9-7-20-8-10-21)18(13-16(15)2)22-11-5-3-4-6-19/h12-13,20H,3-5,7-11,14H2,1-2H3. The average Bonchev–Trinajstić information content (AvgIpc) is 2.52. The topological polar surface area (TPSA) is 48.3 Å². The summed E-state index contributed by atoms with van der Waals surface area (Å²) in [6.07, 6.45) is 2.46. The Morgan fingerprint density at radius 3 is 2.64 bits per heavy atom. The van der Waals surface area contributed by atoms with Crippen molar-refractivity contribution in [2.75, 3.05) is 32.8 Å². The number of aryl methyl sites for hydroxylation is 2. The van der Waals surface area contributed by atoms with Gasteiger partial charge in [0.2, 0.25) is 0 Å². The molecule has 1 aromatic rings.